The van der Waals surface area contributed by atoms with Gasteiger partial charge in [-0.2, -0.15) is 12.9 Å². The van der Waals surface area contributed by atoms with Gasteiger partial charge < -0.3 is 19.5 Å². The van der Waals surface area contributed by atoms with Crippen LogP contribution in [0.5, 0.6) is 17.2 Å². The Bertz CT molecular complexity index is 1780. The van der Waals surface area contributed by atoms with E-state index in [4.69, 9.17) is 29.3 Å². The van der Waals surface area contributed by atoms with E-state index in [2.05, 4.69) is 5.32 Å². The predicted octanol–water partition coefficient (Wildman–Crippen LogP) is 4.63. The van der Waals surface area contributed by atoms with Crippen molar-refractivity contribution in [1.82, 2.24) is 19.6 Å². The Labute approximate surface area is 238 Å². The third-order valence-electron chi connectivity index (χ3n) is 7.63. The minimum absolute atomic E-state index is 0.168. The molecule has 12 heteroatoms. The normalized spacial score (nSPS) is 17.9. The smallest absolute Gasteiger partial charge is 0.274 e. The summed E-state index contributed by atoms with van der Waals surface area (Å²) in [5.41, 5.74) is 2.96. The molecule has 216 valence electrons. The quantitative estimate of drug-likeness (QED) is 0.256. The van der Waals surface area contributed by atoms with Crippen molar-refractivity contribution in [3.63, 3.8) is 0 Å². The third-order valence-corrected chi connectivity index (χ3v) is 9.30. The molecule has 0 spiro atoms. The number of ether oxygens (including phenoxy) is 3. The van der Waals surface area contributed by atoms with E-state index in [1.54, 1.807) is 51.0 Å². The van der Waals surface area contributed by atoms with Gasteiger partial charge in [-0.05, 0) is 43.5 Å². The largest absolute Gasteiger partial charge is 0.497 e. The van der Waals surface area contributed by atoms with E-state index in [-0.39, 0.29) is 12.8 Å². The number of nitrogens with zero attached hydrogens (tertiary/aromatic N) is 4. The molecule has 4 aromatic rings. The molecule has 0 fully saturated rings. The second-order valence-electron chi connectivity index (χ2n) is 10.1. The fourth-order valence-corrected chi connectivity index (χ4v) is 6.30. The van der Waals surface area contributed by atoms with Gasteiger partial charge in [0.25, 0.3) is 10.1 Å². The first-order valence-electron chi connectivity index (χ1n) is 13.1. The molecular formula is C29H33N5O6S. The molecule has 0 saturated carbocycles. The van der Waals surface area contributed by atoms with Crippen molar-refractivity contribution in [2.75, 3.05) is 26.6 Å². The minimum Gasteiger partial charge on any atom is -0.497 e. The van der Waals surface area contributed by atoms with Gasteiger partial charge in [0.15, 0.2) is 11.5 Å². The van der Waals surface area contributed by atoms with Crippen LogP contribution in [-0.4, -0.2) is 58.6 Å². The van der Waals surface area contributed by atoms with Crippen LogP contribution in [0.3, 0.4) is 0 Å². The molecule has 1 aliphatic rings. The zero-order chi connectivity index (χ0) is 29.4. The van der Waals surface area contributed by atoms with E-state index >= 15 is 0 Å². The Kier molecular flexibility index (Phi) is 7.62. The van der Waals surface area contributed by atoms with Crippen molar-refractivity contribution >= 4 is 32.6 Å². The molecule has 0 amide bonds. The molecule has 2 N–H and O–H groups in total. The van der Waals surface area contributed by atoms with Crippen molar-refractivity contribution in [3.05, 3.63) is 71.6 Å². The maximum Gasteiger partial charge on any atom is 0.274 e. The highest BCUT2D eigenvalue weighted by molar-refractivity contribution is 7.87. The maximum absolute atomic E-state index is 12.6. The number of methoxy groups -OCH3 is 3. The van der Waals surface area contributed by atoms with E-state index in [0.29, 0.717) is 46.7 Å². The number of para-hydroxylation sites is 1. The molecule has 0 aliphatic heterocycles. The van der Waals surface area contributed by atoms with Gasteiger partial charge in [-0.3, -0.25) is 4.55 Å². The first-order chi connectivity index (χ1) is 19.6. The lowest BCUT2D eigenvalue weighted by molar-refractivity contribution is 0.377. The third kappa shape index (κ3) is 5.20. The van der Waals surface area contributed by atoms with Gasteiger partial charge in [-0.25, -0.2) is 9.97 Å². The molecule has 1 aliphatic carbocycles. The average molecular weight is 580 g/mol. The number of anilines is 1. The van der Waals surface area contributed by atoms with E-state index < -0.39 is 20.8 Å². The Morgan fingerprint density at radius 1 is 1.10 bits per heavy atom. The summed E-state index contributed by atoms with van der Waals surface area (Å²) in [6.45, 7) is 4.04. The van der Waals surface area contributed by atoms with Crippen LogP contribution < -0.4 is 19.5 Å². The van der Waals surface area contributed by atoms with Crippen molar-refractivity contribution in [3.8, 4) is 17.2 Å². The molecule has 2 unspecified atom stereocenters. The second-order valence-corrected chi connectivity index (χ2v) is 11.8. The number of nitrogens with one attached hydrogen (secondary N) is 1. The van der Waals surface area contributed by atoms with Crippen LogP contribution in [0.25, 0.3) is 16.6 Å². The average Bonchev–Trinajstić information content (AvgIpc) is 3.39. The zero-order valence-electron chi connectivity index (χ0n) is 23.6. The Hall–Kier alpha value is -4.16. The van der Waals surface area contributed by atoms with E-state index in [9.17, 15) is 13.0 Å². The van der Waals surface area contributed by atoms with E-state index in [0.717, 1.165) is 16.5 Å². The maximum atomic E-state index is 12.6. The summed E-state index contributed by atoms with van der Waals surface area (Å²) in [7, 11) is 0.352. The van der Waals surface area contributed by atoms with E-state index in [1.165, 1.54) is 0 Å². The molecule has 11 nitrogen and oxygen atoms in total. The number of aromatic nitrogens is 4. The first kappa shape index (κ1) is 28.4. The topological polar surface area (TPSA) is 137 Å². The van der Waals surface area contributed by atoms with Gasteiger partial charge in [0.2, 0.25) is 5.95 Å². The first-order valence-corrected chi connectivity index (χ1v) is 14.5. The molecule has 2 aromatic carbocycles. The van der Waals surface area contributed by atoms with Crippen molar-refractivity contribution in [2.24, 2.45) is 5.92 Å². The molecule has 2 atom stereocenters. The minimum atomic E-state index is -4.42. The SMILES string of the molecule is COc1ccc(CNc2nc3c(OC)cccc3c3nc(CC(C)C4(S(=O)(=O)O)C=CC(C)=CC4)nn23)c(OC)c1. The highest BCUT2D eigenvalue weighted by Gasteiger charge is 2.46. The molecule has 2 aromatic heterocycles. The van der Waals surface area contributed by atoms with Crippen molar-refractivity contribution in [1.29, 1.82) is 0 Å². The van der Waals surface area contributed by atoms with Crippen molar-refractivity contribution in [2.45, 2.75) is 38.0 Å². The molecule has 2 heterocycles. The summed E-state index contributed by atoms with van der Waals surface area (Å²) in [5, 5.41) is 8.81. The summed E-state index contributed by atoms with van der Waals surface area (Å²) in [5.74, 6) is 2.22. The van der Waals surface area contributed by atoms with Crippen LogP contribution in [0, 0.1) is 5.92 Å². The number of hydrogen-bond acceptors (Lipinski definition) is 9. The van der Waals surface area contributed by atoms with Gasteiger partial charge >= 0.3 is 0 Å². The molecule has 41 heavy (non-hydrogen) atoms. The molecule has 5 rings (SSSR count). The number of rotatable bonds is 10. The Morgan fingerprint density at radius 2 is 1.88 bits per heavy atom. The lowest BCUT2D eigenvalue weighted by Gasteiger charge is -2.34. The fraction of sp³-hybridized carbons (Fsp3) is 0.345. The van der Waals surface area contributed by atoms with Gasteiger partial charge in [0.1, 0.15) is 27.5 Å². The molecular weight excluding hydrogens is 546 g/mol. The zero-order valence-corrected chi connectivity index (χ0v) is 24.4. The fourth-order valence-electron chi connectivity index (χ4n) is 5.17. The summed E-state index contributed by atoms with van der Waals surface area (Å²) in [6, 6.07) is 11.1. The summed E-state index contributed by atoms with van der Waals surface area (Å²) >= 11 is 0. The Morgan fingerprint density at radius 3 is 2.54 bits per heavy atom. The summed E-state index contributed by atoms with van der Waals surface area (Å²) < 4.78 is 52.0. The van der Waals surface area contributed by atoms with Crippen LogP contribution in [0.4, 0.5) is 5.95 Å². The van der Waals surface area contributed by atoms with Crippen molar-refractivity contribution < 1.29 is 27.2 Å². The van der Waals surface area contributed by atoms with Crippen LogP contribution in [0.15, 0.2) is 60.2 Å². The predicted molar refractivity (Wildman–Crippen MR) is 156 cm³/mol. The number of allylic oxidation sites excluding steroid dienone is 3. The lowest BCUT2D eigenvalue weighted by atomic mass is 9.83. The van der Waals surface area contributed by atoms with Gasteiger partial charge in [0, 0.05) is 30.0 Å². The standard InChI is InChI=1S/C29H33N5O6S/c1-18-11-13-29(14-12-18,41(35,36)37)19(2)15-25-31-27-22-7-6-8-23(39-4)26(22)32-28(34(27)33-25)30-17-20-9-10-21(38-3)16-24(20)40-5/h6-13,16,19H,14-15,17H2,1-5H3,(H,30,32)(H,35,36,37). The highest BCUT2D eigenvalue weighted by atomic mass is 32.2. The Balaban J connectivity index is 1.56. The number of fused-ring (bicyclic) bond motifs is 3. The number of hydrogen-bond donors (Lipinski definition) is 2. The van der Waals surface area contributed by atoms with Crippen LogP contribution >= 0.6 is 0 Å². The van der Waals surface area contributed by atoms with E-state index in [1.807, 2.05) is 43.3 Å². The molecule has 0 radical (unpaired) electrons. The van der Waals surface area contributed by atoms with Crippen LogP contribution in [0.1, 0.15) is 31.7 Å². The monoisotopic (exact) mass is 579 g/mol. The summed E-state index contributed by atoms with van der Waals surface area (Å²) in [6.07, 6.45) is 5.50. The lowest BCUT2D eigenvalue weighted by Crippen LogP contribution is -2.44. The number of benzene rings is 2. The molecule has 0 bridgehead atoms. The van der Waals surface area contributed by atoms with Crippen LogP contribution in [0.2, 0.25) is 0 Å². The highest BCUT2D eigenvalue weighted by Crippen LogP contribution is 2.38. The second kappa shape index (κ2) is 11.0. The van der Waals surface area contributed by atoms with Gasteiger partial charge in [-0.15, -0.1) is 5.10 Å². The molecule has 0 saturated heterocycles. The van der Waals surface area contributed by atoms with Crippen LogP contribution in [-0.2, 0) is 23.1 Å². The van der Waals surface area contributed by atoms with Gasteiger partial charge in [-0.1, -0.05) is 36.8 Å². The summed E-state index contributed by atoms with van der Waals surface area (Å²) in [4.78, 5) is 9.64. The van der Waals surface area contributed by atoms with Gasteiger partial charge in [0.05, 0.1) is 21.3 Å².